The fourth-order valence-electron chi connectivity index (χ4n) is 1.73. The molecule has 5 heteroatoms. The number of benzene rings is 1. The molecule has 0 bridgehead atoms. The summed E-state index contributed by atoms with van der Waals surface area (Å²) in [6.45, 7) is 2.09. The van der Waals surface area contributed by atoms with Crippen LogP contribution in [0.5, 0.6) is 5.75 Å². The summed E-state index contributed by atoms with van der Waals surface area (Å²) in [4.78, 5) is 11.8. The lowest BCUT2D eigenvalue weighted by molar-refractivity contribution is -0.141. The third-order valence-corrected chi connectivity index (χ3v) is 3.53. The van der Waals surface area contributed by atoms with Crippen LogP contribution in [0.1, 0.15) is 26.2 Å². The molecule has 0 spiro atoms. The summed E-state index contributed by atoms with van der Waals surface area (Å²) in [5.74, 6) is 0.493. The number of esters is 1. The van der Waals surface area contributed by atoms with Gasteiger partial charge in [-0.15, -0.1) is 0 Å². The van der Waals surface area contributed by atoms with Gasteiger partial charge in [-0.1, -0.05) is 19.8 Å². The first-order valence-corrected chi connectivity index (χ1v) is 7.09. The molecular formula is C14H20BrNO3. The number of nitrogens with one attached hydrogen (secondary N) is 1. The maximum Gasteiger partial charge on any atom is 0.328 e. The van der Waals surface area contributed by atoms with E-state index in [-0.39, 0.29) is 12.0 Å². The van der Waals surface area contributed by atoms with Gasteiger partial charge >= 0.3 is 5.97 Å². The smallest absolute Gasteiger partial charge is 0.328 e. The molecule has 1 unspecified atom stereocenters. The number of carbonyl (C=O) groups is 1. The van der Waals surface area contributed by atoms with Crippen LogP contribution in [0.4, 0.5) is 5.69 Å². The van der Waals surface area contributed by atoms with E-state index in [1.807, 2.05) is 18.2 Å². The Morgan fingerprint density at radius 3 is 2.74 bits per heavy atom. The number of anilines is 1. The summed E-state index contributed by atoms with van der Waals surface area (Å²) < 4.78 is 10.9. The Kier molecular flexibility index (Phi) is 6.70. The first kappa shape index (κ1) is 15.8. The number of carbonyl (C=O) groups excluding carboxylic acids is 1. The number of hydrogen-bond donors (Lipinski definition) is 1. The number of hydrogen-bond acceptors (Lipinski definition) is 4. The molecule has 1 rings (SSSR count). The Bertz CT molecular complexity index is 423. The zero-order chi connectivity index (χ0) is 14.3. The molecule has 106 valence electrons. The quantitative estimate of drug-likeness (QED) is 0.776. The van der Waals surface area contributed by atoms with Crippen molar-refractivity contribution in [3.8, 4) is 5.75 Å². The van der Waals surface area contributed by atoms with Crippen molar-refractivity contribution in [1.82, 2.24) is 0 Å². The van der Waals surface area contributed by atoms with Gasteiger partial charge in [-0.25, -0.2) is 4.79 Å². The highest BCUT2D eigenvalue weighted by Gasteiger charge is 2.19. The fraction of sp³-hybridized carbons (Fsp3) is 0.500. The van der Waals surface area contributed by atoms with Crippen LogP contribution in [-0.4, -0.2) is 26.2 Å². The molecule has 1 N–H and O–H groups in total. The van der Waals surface area contributed by atoms with Crippen molar-refractivity contribution < 1.29 is 14.3 Å². The zero-order valence-corrected chi connectivity index (χ0v) is 13.1. The van der Waals surface area contributed by atoms with E-state index in [1.165, 1.54) is 7.11 Å². The van der Waals surface area contributed by atoms with Gasteiger partial charge in [-0.05, 0) is 34.5 Å². The lowest BCUT2D eigenvalue weighted by Crippen LogP contribution is -2.30. The molecule has 0 heterocycles. The number of halogens is 1. The van der Waals surface area contributed by atoms with Crippen LogP contribution in [0.3, 0.4) is 0 Å². The van der Waals surface area contributed by atoms with Crippen molar-refractivity contribution in [3.63, 3.8) is 0 Å². The minimum absolute atomic E-state index is 0.247. The summed E-state index contributed by atoms with van der Waals surface area (Å²) in [6.07, 6.45) is 2.75. The van der Waals surface area contributed by atoms with Crippen LogP contribution in [0.2, 0.25) is 0 Å². The second kappa shape index (κ2) is 8.04. The lowest BCUT2D eigenvalue weighted by atomic mass is 10.1. The van der Waals surface area contributed by atoms with E-state index in [9.17, 15) is 4.79 Å². The molecule has 4 nitrogen and oxygen atoms in total. The molecule has 19 heavy (non-hydrogen) atoms. The summed E-state index contributed by atoms with van der Waals surface area (Å²) in [5, 5.41) is 3.21. The van der Waals surface area contributed by atoms with Crippen LogP contribution >= 0.6 is 15.9 Å². The van der Waals surface area contributed by atoms with E-state index in [0.717, 1.165) is 35.2 Å². The summed E-state index contributed by atoms with van der Waals surface area (Å²) in [7, 11) is 3.02. The van der Waals surface area contributed by atoms with Gasteiger partial charge in [0.2, 0.25) is 0 Å². The van der Waals surface area contributed by atoms with Gasteiger partial charge in [-0.3, -0.25) is 0 Å². The monoisotopic (exact) mass is 329 g/mol. The van der Waals surface area contributed by atoms with Crippen LogP contribution in [0, 0.1) is 0 Å². The number of unbranched alkanes of at least 4 members (excludes halogenated alkanes) is 1. The maximum atomic E-state index is 11.8. The average Bonchev–Trinajstić information content (AvgIpc) is 2.44. The van der Waals surface area contributed by atoms with Crippen LogP contribution in [0.15, 0.2) is 22.7 Å². The van der Waals surface area contributed by atoms with Gasteiger partial charge in [0, 0.05) is 10.5 Å². The Morgan fingerprint density at radius 2 is 2.16 bits per heavy atom. The third-order valence-electron chi connectivity index (χ3n) is 2.84. The Balaban J connectivity index is 2.85. The third kappa shape index (κ3) is 4.74. The fourth-order valence-corrected chi connectivity index (χ4v) is 2.09. The van der Waals surface area contributed by atoms with Crippen molar-refractivity contribution in [2.75, 3.05) is 19.5 Å². The normalized spacial score (nSPS) is 11.8. The summed E-state index contributed by atoms with van der Waals surface area (Å²) >= 11 is 3.46. The average molecular weight is 330 g/mol. The molecule has 1 aromatic rings. The van der Waals surface area contributed by atoms with Crippen molar-refractivity contribution in [2.24, 2.45) is 0 Å². The van der Waals surface area contributed by atoms with Gasteiger partial charge in [0.1, 0.15) is 11.8 Å². The second-order valence-corrected chi connectivity index (χ2v) is 5.06. The van der Waals surface area contributed by atoms with E-state index < -0.39 is 0 Å². The van der Waals surface area contributed by atoms with E-state index in [4.69, 9.17) is 9.47 Å². The molecule has 0 radical (unpaired) electrons. The van der Waals surface area contributed by atoms with Crippen LogP contribution in [-0.2, 0) is 9.53 Å². The van der Waals surface area contributed by atoms with E-state index in [0.29, 0.717) is 0 Å². The van der Waals surface area contributed by atoms with Gasteiger partial charge in [0.15, 0.2) is 0 Å². The minimum Gasteiger partial charge on any atom is -0.497 e. The molecular weight excluding hydrogens is 310 g/mol. The zero-order valence-electron chi connectivity index (χ0n) is 11.5. The summed E-state index contributed by atoms with van der Waals surface area (Å²) in [5.41, 5.74) is 0.825. The molecule has 0 aliphatic carbocycles. The number of methoxy groups -OCH3 is 2. The Morgan fingerprint density at radius 1 is 1.42 bits per heavy atom. The molecule has 1 aromatic carbocycles. The van der Waals surface area contributed by atoms with Crippen LogP contribution < -0.4 is 10.1 Å². The van der Waals surface area contributed by atoms with Crippen LogP contribution in [0.25, 0.3) is 0 Å². The highest BCUT2D eigenvalue weighted by molar-refractivity contribution is 9.10. The molecule has 0 amide bonds. The predicted octanol–water partition coefficient (Wildman–Crippen LogP) is 3.60. The highest BCUT2D eigenvalue weighted by Crippen LogP contribution is 2.28. The predicted molar refractivity (Wildman–Crippen MR) is 79.6 cm³/mol. The standard InChI is InChI=1S/C14H20BrNO3/c1-4-5-6-12(14(17)19-3)16-13-9-10(18-2)7-8-11(13)15/h7-9,12,16H,4-6H2,1-3H3. The van der Waals surface area contributed by atoms with Crippen molar-refractivity contribution in [2.45, 2.75) is 32.2 Å². The van der Waals surface area contributed by atoms with Crippen molar-refractivity contribution in [1.29, 1.82) is 0 Å². The molecule has 0 fully saturated rings. The Hall–Kier alpha value is -1.23. The molecule has 0 saturated heterocycles. The van der Waals surface area contributed by atoms with Gasteiger partial charge in [-0.2, -0.15) is 0 Å². The largest absolute Gasteiger partial charge is 0.497 e. The van der Waals surface area contributed by atoms with E-state index >= 15 is 0 Å². The summed E-state index contributed by atoms with van der Waals surface area (Å²) in [6, 6.07) is 5.25. The maximum absolute atomic E-state index is 11.8. The Labute approximate surface area is 122 Å². The first-order chi connectivity index (χ1) is 9.12. The molecule has 0 aliphatic rings. The van der Waals surface area contributed by atoms with E-state index in [1.54, 1.807) is 7.11 Å². The lowest BCUT2D eigenvalue weighted by Gasteiger charge is -2.18. The van der Waals surface area contributed by atoms with Gasteiger partial charge in [0.25, 0.3) is 0 Å². The molecule has 1 atom stereocenters. The number of rotatable bonds is 7. The highest BCUT2D eigenvalue weighted by atomic mass is 79.9. The van der Waals surface area contributed by atoms with Crippen molar-refractivity contribution in [3.05, 3.63) is 22.7 Å². The second-order valence-electron chi connectivity index (χ2n) is 4.21. The molecule has 0 saturated carbocycles. The van der Waals surface area contributed by atoms with Gasteiger partial charge in [0.05, 0.1) is 19.9 Å². The minimum atomic E-state index is -0.339. The molecule has 0 aromatic heterocycles. The topological polar surface area (TPSA) is 47.6 Å². The SMILES string of the molecule is CCCCC(Nc1cc(OC)ccc1Br)C(=O)OC. The van der Waals surface area contributed by atoms with Crippen molar-refractivity contribution >= 4 is 27.6 Å². The van der Waals surface area contributed by atoms with E-state index in [2.05, 4.69) is 28.2 Å². The number of ether oxygens (including phenoxy) is 2. The van der Waals surface area contributed by atoms with Gasteiger partial charge < -0.3 is 14.8 Å². The first-order valence-electron chi connectivity index (χ1n) is 6.30. The molecule has 0 aliphatic heterocycles.